The first kappa shape index (κ1) is 22.4. The van der Waals surface area contributed by atoms with E-state index in [1.807, 2.05) is 0 Å². The highest BCUT2D eigenvalue weighted by Gasteiger charge is 2.82. The maximum atomic E-state index is 13.0. The van der Waals surface area contributed by atoms with Gasteiger partial charge in [0.15, 0.2) is 0 Å². The molecular formula is C8H8F11O3P. The number of rotatable bonds is 7. The first-order valence-corrected chi connectivity index (χ1v) is 7.09. The predicted octanol–water partition coefficient (Wildman–Crippen LogP) is 4.05. The highest BCUT2D eigenvalue weighted by Crippen LogP contribution is 2.55. The highest BCUT2D eigenvalue weighted by molar-refractivity contribution is 7.51. The van der Waals surface area contributed by atoms with Crippen LogP contribution in [0.15, 0.2) is 0 Å². The number of alkyl halides is 11. The minimum atomic E-state index is -7.30. The SMILES string of the molecule is O=P(O)(O)CCC(F)(F)CC(F)(F)C(F)(F)C(F)(F)C(F)(F)F. The lowest BCUT2D eigenvalue weighted by Crippen LogP contribution is -2.61. The van der Waals surface area contributed by atoms with Crippen molar-refractivity contribution >= 4 is 7.60 Å². The van der Waals surface area contributed by atoms with E-state index in [1.54, 1.807) is 0 Å². The molecule has 0 unspecified atom stereocenters. The van der Waals surface area contributed by atoms with E-state index in [1.165, 1.54) is 0 Å². The average Bonchev–Trinajstić information content (AvgIpc) is 2.22. The lowest BCUT2D eigenvalue weighted by atomic mass is 9.97. The van der Waals surface area contributed by atoms with Crippen LogP contribution in [0, 0.1) is 0 Å². The van der Waals surface area contributed by atoms with Crippen molar-refractivity contribution in [1.29, 1.82) is 0 Å². The fraction of sp³-hybridized carbons (Fsp3) is 1.00. The van der Waals surface area contributed by atoms with E-state index >= 15 is 0 Å². The van der Waals surface area contributed by atoms with Gasteiger partial charge in [0, 0.05) is 6.42 Å². The molecule has 3 nitrogen and oxygen atoms in total. The van der Waals surface area contributed by atoms with Crippen LogP contribution in [0.3, 0.4) is 0 Å². The first-order chi connectivity index (χ1) is 9.66. The minimum absolute atomic E-state index is 1.77. The molecule has 0 aliphatic rings. The third-order valence-electron chi connectivity index (χ3n) is 2.46. The van der Waals surface area contributed by atoms with Crippen LogP contribution in [0.1, 0.15) is 12.8 Å². The predicted molar refractivity (Wildman–Crippen MR) is 52.0 cm³/mol. The summed E-state index contributed by atoms with van der Waals surface area (Å²) in [6.45, 7) is 0. The molecule has 0 aliphatic heterocycles. The van der Waals surface area contributed by atoms with E-state index in [2.05, 4.69) is 0 Å². The van der Waals surface area contributed by atoms with Gasteiger partial charge in [-0.1, -0.05) is 0 Å². The molecule has 0 atom stereocenters. The van der Waals surface area contributed by atoms with Crippen LogP contribution < -0.4 is 0 Å². The Hall–Kier alpha value is -0.620. The van der Waals surface area contributed by atoms with E-state index < -0.39 is 56.5 Å². The van der Waals surface area contributed by atoms with E-state index in [4.69, 9.17) is 9.79 Å². The molecule has 0 bridgehead atoms. The van der Waals surface area contributed by atoms with E-state index in [9.17, 15) is 52.9 Å². The second-order valence-corrected chi connectivity index (χ2v) is 6.30. The molecule has 0 spiro atoms. The maximum Gasteiger partial charge on any atom is 0.460 e. The standard InChI is InChI=1S/C8H8F11O3P/c9-4(10,1-2-23(20,21)22)3-5(11,12)6(13,14)7(15,16)8(17,18)19/h1-3H2,(H2,20,21,22). The summed E-state index contributed by atoms with van der Waals surface area (Å²) in [4.78, 5) is 16.5. The molecule has 0 heterocycles. The maximum absolute atomic E-state index is 13.0. The molecule has 140 valence electrons. The number of hydrogen-bond acceptors (Lipinski definition) is 1. The largest absolute Gasteiger partial charge is 0.460 e. The molecule has 0 fully saturated rings. The summed E-state index contributed by atoms with van der Waals surface area (Å²) in [6.07, 6.45) is -14.5. The van der Waals surface area contributed by atoms with Gasteiger partial charge in [-0.05, 0) is 0 Å². The van der Waals surface area contributed by atoms with Crippen molar-refractivity contribution in [2.45, 2.75) is 42.7 Å². The summed E-state index contributed by atoms with van der Waals surface area (Å²) in [5.74, 6) is -26.0. The van der Waals surface area contributed by atoms with Crippen LogP contribution >= 0.6 is 7.60 Å². The van der Waals surface area contributed by atoms with Gasteiger partial charge in [0.05, 0.1) is 12.6 Å². The highest BCUT2D eigenvalue weighted by atomic mass is 31.2. The molecule has 2 N–H and O–H groups in total. The minimum Gasteiger partial charge on any atom is -0.324 e. The van der Waals surface area contributed by atoms with Crippen LogP contribution in [0.4, 0.5) is 48.3 Å². The Kier molecular flexibility index (Phi) is 5.87. The number of hydrogen-bond donors (Lipinski definition) is 2. The summed E-state index contributed by atoms with van der Waals surface area (Å²) in [5.41, 5.74) is 0. The van der Waals surface area contributed by atoms with Crippen molar-refractivity contribution in [3.8, 4) is 0 Å². The summed E-state index contributed by atoms with van der Waals surface area (Å²) in [5, 5.41) is 0. The quantitative estimate of drug-likeness (QED) is 0.508. The van der Waals surface area contributed by atoms with E-state index in [0.717, 1.165) is 0 Å². The van der Waals surface area contributed by atoms with Gasteiger partial charge >= 0.3 is 31.5 Å². The molecule has 15 heteroatoms. The van der Waals surface area contributed by atoms with Crippen LogP contribution in [-0.4, -0.2) is 45.8 Å². The molecular weight excluding hydrogens is 384 g/mol. The third-order valence-corrected chi connectivity index (χ3v) is 3.27. The van der Waals surface area contributed by atoms with E-state index in [0.29, 0.717) is 0 Å². The van der Waals surface area contributed by atoms with Crippen LogP contribution in [0.5, 0.6) is 0 Å². The zero-order chi connectivity index (χ0) is 19.1. The molecule has 23 heavy (non-hydrogen) atoms. The Bertz CT molecular complexity index is 466. The van der Waals surface area contributed by atoms with Gasteiger partial charge in [-0.3, -0.25) is 4.57 Å². The smallest absolute Gasteiger partial charge is 0.324 e. The molecule has 0 saturated heterocycles. The van der Waals surface area contributed by atoms with Gasteiger partial charge < -0.3 is 9.79 Å². The molecule has 0 amide bonds. The van der Waals surface area contributed by atoms with Gasteiger partial charge in [-0.25, -0.2) is 8.78 Å². The summed E-state index contributed by atoms with van der Waals surface area (Å²) >= 11 is 0. The van der Waals surface area contributed by atoms with Gasteiger partial charge in [0.1, 0.15) is 0 Å². The van der Waals surface area contributed by atoms with Crippen LogP contribution in [0.25, 0.3) is 0 Å². The lowest BCUT2D eigenvalue weighted by molar-refractivity contribution is -0.400. The molecule has 0 aromatic rings. The van der Waals surface area contributed by atoms with Crippen molar-refractivity contribution in [2.24, 2.45) is 0 Å². The Morgan fingerprint density at radius 2 is 1.13 bits per heavy atom. The fourth-order valence-electron chi connectivity index (χ4n) is 1.24. The first-order valence-electron chi connectivity index (χ1n) is 5.29. The molecule has 0 saturated carbocycles. The zero-order valence-electron chi connectivity index (χ0n) is 10.5. The Morgan fingerprint density at radius 1 is 0.739 bits per heavy atom. The lowest BCUT2D eigenvalue weighted by Gasteiger charge is -2.35. The molecule has 0 rings (SSSR count). The Labute approximate surface area is 120 Å². The average molecular weight is 392 g/mol. The Balaban J connectivity index is 5.43. The fourth-order valence-corrected chi connectivity index (χ4v) is 1.86. The third kappa shape index (κ3) is 5.18. The second-order valence-electron chi connectivity index (χ2n) is 4.52. The van der Waals surface area contributed by atoms with Crippen LogP contribution in [0.2, 0.25) is 0 Å². The molecule has 0 aromatic carbocycles. The number of halogens is 11. The summed E-state index contributed by atoms with van der Waals surface area (Å²) in [7, 11) is -5.17. The van der Waals surface area contributed by atoms with Gasteiger partial charge in [0.2, 0.25) is 0 Å². The van der Waals surface area contributed by atoms with Gasteiger partial charge in [-0.15, -0.1) is 0 Å². The van der Waals surface area contributed by atoms with E-state index in [-0.39, 0.29) is 0 Å². The van der Waals surface area contributed by atoms with Crippen molar-refractivity contribution in [1.82, 2.24) is 0 Å². The second kappa shape index (κ2) is 6.03. The van der Waals surface area contributed by atoms with Crippen molar-refractivity contribution in [2.75, 3.05) is 6.16 Å². The Morgan fingerprint density at radius 3 is 1.43 bits per heavy atom. The zero-order valence-corrected chi connectivity index (χ0v) is 11.4. The van der Waals surface area contributed by atoms with Crippen molar-refractivity contribution in [3.63, 3.8) is 0 Å². The summed E-state index contributed by atoms with van der Waals surface area (Å²) < 4.78 is 148. The van der Waals surface area contributed by atoms with Crippen molar-refractivity contribution < 1.29 is 62.6 Å². The topological polar surface area (TPSA) is 57.5 Å². The van der Waals surface area contributed by atoms with Crippen LogP contribution in [-0.2, 0) is 4.57 Å². The molecule has 0 radical (unpaired) electrons. The summed E-state index contributed by atoms with van der Waals surface area (Å²) in [6, 6.07) is 0. The molecule has 0 aromatic heterocycles. The monoisotopic (exact) mass is 392 g/mol. The van der Waals surface area contributed by atoms with Gasteiger partial charge in [0.25, 0.3) is 5.92 Å². The van der Waals surface area contributed by atoms with Crippen molar-refractivity contribution in [3.05, 3.63) is 0 Å². The molecule has 0 aliphatic carbocycles. The van der Waals surface area contributed by atoms with Gasteiger partial charge in [-0.2, -0.15) is 39.5 Å². The normalized spacial score (nSPS) is 15.9.